The van der Waals surface area contributed by atoms with Gasteiger partial charge in [0, 0.05) is 16.6 Å². The lowest BCUT2D eigenvalue weighted by Crippen LogP contribution is -2.22. The zero-order valence-corrected chi connectivity index (χ0v) is 16.0. The second kappa shape index (κ2) is 7.66. The van der Waals surface area contributed by atoms with Crippen LogP contribution >= 0.6 is 0 Å². The van der Waals surface area contributed by atoms with E-state index in [-0.39, 0.29) is 18.9 Å². The summed E-state index contributed by atoms with van der Waals surface area (Å²) in [7, 11) is 0. The maximum absolute atomic E-state index is 12.2. The lowest BCUT2D eigenvalue weighted by atomic mass is 10.0. The third-order valence-electron chi connectivity index (χ3n) is 4.71. The van der Waals surface area contributed by atoms with Crippen LogP contribution in [-0.4, -0.2) is 18.5 Å². The molecule has 2 aromatic carbocycles. The fourth-order valence-electron chi connectivity index (χ4n) is 3.01. The molecule has 0 saturated heterocycles. The van der Waals surface area contributed by atoms with Gasteiger partial charge in [-0.3, -0.25) is 9.59 Å². The standard InChI is InChI=1S/C22H23NO4/c1-13-6-5-7-14(2)22(13)23-20(24)12-27-21(25)10-17-11-26-19-9-16(4)15(3)8-18(17)19/h5-9,11H,10,12H2,1-4H3,(H,23,24). The van der Waals surface area contributed by atoms with Gasteiger partial charge < -0.3 is 14.5 Å². The molecule has 0 aliphatic rings. The Labute approximate surface area is 158 Å². The van der Waals surface area contributed by atoms with Crippen molar-refractivity contribution in [3.8, 4) is 0 Å². The minimum atomic E-state index is -0.465. The summed E-state index contributed by atoms with van der Waals surface area (Å²) in [5, 5.41) is 3.70. The van der Waals surface area contributed by atoms with Crippen LogP contribution in [0.5, 0.6) is 0 Å². The number of aryl methyl sites for hydroxylation is 4. The molecule has 27 heavy (non-hydrogen) atoms. The Kier molecular flexibility index (Phi) is 5.31. The first kappa shape index (κ1) is 18.7. The van der Waals surface area contributed by atoms with Crippen molar-refractivity contribution in [1.82, 2.24) is 0 Å². The van der Waals surface area contributed by atoms with Crippen molar-refractivity contribution >= 4 is 28.5 Å². The summed E-state index contributed by atoms with van der Waals surface area (Å²) in [4.78, 5) is 24.3. The molecule has 1 N–H and O–H groups in total. The molecule has 0 unspecified atom stereocenters. The highest BCUT2D eigenvalue weighted by Gasteiger charge is 2.14. The summed E-state index contributed by atoms with van der Waals surface area (Å²) >= 11 is 0. The smallest absolute Gasteiger partial charge is 0.310 e. The molecule has 1 amide bonds. The lowest BCUT2D eigenvalue weighted by molar-refractivity contribution is -0.146. The third kappa shape index (κ3) is 4.19. The molecule has 1 heterocycles. The lowest BCUT2D eigenvalue weighted by Gasteiger charge is -2.11. The van der Waals surface area contributed by atoms with Crippen molar-refractivity contribution in [2.45, 2.75) is 34.1 Å². The number of rotatable bonds is 5. The number of carbonyl (C=O) groups is 2. The number of nitrogens with one attached hydrogen (secondary N) is 1. The molecule has 140 valence electrons. The van der Waals surface area contributed by atoms with Crippen LogP contribution < -0.4 is 5.32 Å². The molecule has 1 aromatic heterocycles. The van der Waals surface area contributed by atoms with E-state index in [4.69, 9.17) is 9.15 Å². The van der Waals surface area contributed by atoms with E-state index >= 15 is 0 Å². The number of ether oxygens (including phenoxy) is 1. The van der Waals surface area contributed by atoms with Crippen LogP contribution in [0.15, 0.2) is 41.0 Å². The first-order valence-electron chi connectivity index (χ1n) is 8.84. The van der Waals surface area contributed by atoms with E-state index in [1.165, 1.54) is 0 Å². The van der Waals surface area contributed by atoms with Crippen molar-refractivity contribution in [3.63, 3.8) is 0 Å². The van der Waals surface area contributed by atoms with Crippen LogP contribution in [0, 0.1) is 27.7 Å². The van der Waals surface area contributed by atoms with E-state index in [0.717, 1.165) is 44.5 Å². The highest BCUT2D eigenvalue weighted by atomic mass is 16.5. The van der Waals surface area contributed by atoms with Gasteiger partial charge in [-0.2, -0.15) is 0 Å². The molecule has 0 aliphatic heterocycles. The molecule has 0 saturated carbocycles. The van der Waals surface area contributed by atoms with Crippen molar-refractivity contribution in [2.24, 2.45) is 0 Å². The van der Waals surface area contributed by atoms with Gasteiger partial charge in [0.2, 0.25) is 0 Å². The number of benzene rings is 2. The molecule has 5 nitrogen and oxygen atoms in total. The average molecular weight is 365 g/mol. The molecule has 0 fully saturated rings. The number of esters is 1. The molecule has 0 bridgehead atoms. The number of hydrogen-bond acceptors (Lipinski definition) is 4. The molecule has 3 aromatic rings. The van der Waals surface area contributed by atoms with Gasteiger partial charge in [0.1, 0.15) is 5.58 Å². The Hall–Kier alpha value is -3.08. The van der Waals surface area contributed by atoms with Gasteiger partial charge in [-0.05, 0) is 62.1 Å². The Balaban J connectivity index is 1.60. The van der Waals surface area contributed by atoms with Crippen LogP contribution in [0.4, 0.5) is 5.69 Å². The number of para-hydroxylation sites is 1. The van der Waals surface area contributed by atoms with Crippen molar-refractivity contribution < 1.29 is 18.7 Å². The van der Waals surface area contributed by atoms with E-state index in [9.17, 15) is 9.59 Å². The summed E-state index contributed by atoms with van der Waals surface area (Å²) in [6.45, 7) is 7.55. The van der Waals surface area contributed by atoms with Crippen LogP contribution in [0.1, 0.15) is 27.8 Å². The zero-order chi connectivity index (χ0) is 19.6. The van der Waals surface area contributed by atoms with Gasteiger partial charge >= 0.3 is 5.97 Å². The van der Waals surface area contributed by atoms with Crippen molar-refractivity contribution in [1.29, 1.82) is 0 Å². The number of carbonyl (C=O) groups excluding carboxylic acids is 2. The normalized spacial score (nSPS) is 10.8. The quantitative estimate of drug-likeness (QED) is 0.681. The Morgan fingerprint density at radius 1 is 1.00 bits per heavy atom. The summed E-state index contributed by atoms with van der Waals surface area (Å²) in [5.74, 6) is -0.822. The monoisotopic (exact) mass is 365 g/mol. The number of fused-ring (bicyclic) bond motifs is 1. The van der Waals surface area contributed by atoms with E-state index in [1.54, 1.807) is 6.26 Å². The van der Waals surface area contributed by atoms with Crippen LogP contribution in [0.25, 0.3) is 11.0 Å². The van der Waals surface area contributed by atoms with Gasteiger partial charge in [0.25, 0.3) is 5.91 Å². The third-order valence-corrected chi connectivity index (χ3v) is 4.71. The molecule has 0 aliphatic carbocycles. The highest BCUT2D eigenvalue weighted by molar-refractivity contribution is 5.94. The first-order chi connectivity index (χ1) is 12.8. The number of furan rings is 1. The molecule has 5 heteroatoms. The first-order valence-corrected chi connectivity index (χ1v) is 8.84. The highest BCUT2D eigenvalue weighted by Crippen LogP contribution is 2.25. The largest absolute Gasteiger partial charge is 0.464 e. The van der Waals surface area contributed by atoms with Gasteiger partial charge in [0.15, 0.2) is 6.61 Å². The molecule has 3 rings (SSSR count). The van der Waals surface area contributed by atoms with E-state index < -0.39 is 5.97 Å². The maximum atomic E-state index is 12.2. The van der Waals surface area contributed by atoms with Gasteiger partial charge in [0.05, 0.1) is 12.7 Å². The minimum Gasteiger partial charge on any atom is -0.464 e. The van der Waals surface area contributed by atoms with E-state index in [0.29, 0.717) is 0 Å². The Morgan fingerprint density at radius 2 is 1.67 bits per heavy atom. The summed E-state index contributed by atoms with van der Waals surface area (Å²) < 4.78 is 10.7. The Morgan fingerprint density at radius 3 is 2.37 bits per heavy atom. The second-order valence-electron chi connectivity index (χ2n) is 6.85. The molecule has 0 spiro atoms. The van der Waals surface area contributed by atoms with Gasteiger partial charge in [-0.1, -0.05) is 18.2 Å². The predicted molar refractivity (Wildman–Crippen MR) is 105 cm³/mol. The minimum absolute atomic E-state index is 0.0617. The van der Waals surface area contributed by atoms with Crippen LogP contribution in [0.2, 0.25) is 0 Å². The summed E-state index contributed by atoms with van der Waals surface area (Å²) in [5.41, 5.74) is 6.45. The molecule has 0 radical (unpaired) electrons. The fourth-order valence-corrected chi connectivity index (χ4v) is 3.01. The maximum Gasteiger partial charge on any atom is 0.310 e. The fraction of sp³-hybridized carbons (Fsp3) is 0.273. The molecular weight excluding hydrogens is 342 g/mol. The average Bonchev–Trinajstić information content (AvgIpc) is 2.98. The summed E-state index contributed by atoms with van der Waals surface area (Å²) in [6, 6.07) is 9.73. The van der Waals surface area contributed by atoms with E-state index in [1.807, 2.05) is 58.0 Å². The number of amides is 1. The summed E-state index contributed by atoms with van der Waals surface area (Å²) in [6.07, 6.45) is 1.63. The predicted octanol–water partition coefficient (Wildman–Crippen LogP) is 4.39. The van der Waals surface area contributed by atoms with Gasteiger partial charge in [-0.25, -0.2) is 0 Å². The topological polar surface area (TPSA) is 68.5 Å². The van der Waals surface area contributed by atoms with Crippen LogP contribution in [-0.2, 0) is 20.7 Å². The van der Waals surface area contributed by atoms with E-state index in [2.05, 4.69) is 5.32 Å². The Bertz CT molecular complexity index is 996. The SMILES string of the molecule is Cc1cc2occ(CC(=O)OCC(=O)Nc3c(C)cccc3C)c2cc1C. The number of anilines is 1. The van der Waals surface area contributed by atoms with Crippen molar-refractivity contribution in [2.75, 3.05) is 11.9 Å². The molecular formula is C22H23NO4. The molecule has 0 atom stereocenters. The zero-order valence-electron chi connectivity index (χ0n) is 16.0. The second-order valence-corrected chi connectivity index (χ2v) is 6.85. The van der Waals surface area contributed by atoms with Crippen molar-refractivity contribution in [3.05, 3.63) is 64.4 Å². The van der Waals surface area contributed by atoms with Gasteiger partial charge in [-0.15, -0.1) is 0 Å². The number of hydrogen-bond donors (Lipinski definition) is 1. The van der Waals surface area contributed by atoms with Crippen LogP contribution in [0.3, 0.4) is 0 Å².